The van der Waals surface area contributed by atoms with E-state index in [9.17, 15) is 19.6 Å². The molecule has 42 heavy (non-hydrogen) atoms. The molecule has 11 heteroatoms. The zero-order chi connectivity index (χ0) is 30.9. The van der Waals surface area contributed by atoms with Gasteiger partial charge in [0.15, 0.2) is 6.29 Å². The number of aromatic nitrogens is 1. The lowest BCUT2D eigenvalue weighted by Gasteiger charge is -2.44. The minimum absolute atomic E-state index is 0.00366. The molecule has 0 radical (unpaired) electrons. The van der Waals surface area contributed by atoms with Crippen LogP contribution in [0.2, 0.25) is 0 Å². The van der Waals surface area contributed by atoms with Crippen LogP contribution >= 0.6 is 0 Å². The molecule has 0 atom stereocenters. The molecule has 1 fully saturated rings. The van der Waals surface area contributed by atoms with Gasteiger partial charge in [-0.1, -0.05) is 13.0 Å². The van der Waals surface area contributed by atoms with Gasteiger partial charge in [-0.25, -0.2) is 9.78 Å². The van der Waals surface area contributed by atoms with Gasteiger partial charge in [-0.15, -0.1) is 0 Å². The molecule has 0 aliphatic carbocycles. The van der Waals surface area contributed by atoms with Gasteiger partial charge < -0.3 is 20.3 Å². The van der Waals surface area contributed by atoms with Gasteiger partial charge in [0.1, 0.15) is 17.6 Å². The van der Waals surface area contributed by atoms with Gasteiger partial charge in [-0.2, -0.15) is 5.26 Å². The summed E-state index contributed by atoms with van der Waals surface area (Å²) in [5.41, 5.74) is 2.68. The van der Waals surface area contributed by atoms with Gasteiger partial charge in [0.05, 0.1) is 23.4 Å². The Balaban J connectivity index is 1.85. The molecule has 0 aromatic carbocycles. The summed E-state index contributed by atoms with van der Waals surface area (Å²) in [6, 6.07) is 3.74. The summed E-state index contributed by atoms with van der Waals surface area (Å²) >= 11 is 0. The highest BCUT2D eigenvalue weighted by molar-refractivity contribution is 5.94. The topological polar surface area (TPSA) is 131 Å². The van der Waals surface area contributed by atoms with Crippen molar-refractivity contribution in [2.75, 3.05) is 51.8 Å². The third-order valence-electron chi connectivity index (χ3n) is 7.68. The molecule has 2 N–H and O–H groups in total. The Bertz CT molecular complexity index is 1310. The maximum absolute atomic E-state index is 13.4. The Morgan fingerprint density at radius 2 is 2.05 bits per heavy atom. The second kappa shape index (κ2) is 14.8. The highest BCUT2D eigenvalue weighted by Crippen LogP contribution is 2.29. The maximum atomic E-state index is 13.4. The number of aldehydes is 1. The van der Waals surface area contributed by atoms with Crippen LogP contribution in [-0.2, 0) is 22.5 Å². The fourth-order valence-corrected chi connectivity index (χ4v) is 4.97. The Kier molecular flexibility index (Phi) is 11.4. The first kappa shape index (κ1) is 32.5. The number of nitriles is 1. The van der Waals surface area contributed by atoms with E-state index in [0.29, 0.717) is 67.3 Å². The van der Waals surface area contributed by atoms with Crippen LogP contribution in [0.25, 0.3) is 0 Å². The summed E-state index contributed by atoms with van der Waals surface area (Å²) in [6.07, 6.45) is 8.28. The zero-order valence-electron chi connectivity index (χ0n) is 25.6. The van der Waals surface area contributed by atoms with E-state index in [4.69, 9.17) is 4.74 Å². The predicted octanol–water partition coefficient (Wildman–Crippen LogP) is 3.29. The number of piperazine rings is 1. The highest BCUT2D eigenvalue weighted by atomic mass is 16.5. The molecule has 3 amide bonds. The van der Waals surface area contributed by atoms with E-state index in [1.165, 1.54) is 0 Å². The van der Waals surface area contributed by atoms with Crippen molar-refractivity contribution in [1.82, 2.24) is 25.4 Å². The number of hydrogen-bond acceptors (Lipinski definition) is 8. The molecule has 2 aliphatic heterocycles. The van der Waals surface area contributed by atoms with Crippen LogP contribution in [0.5, 0.6) is 0 Å². The minimum Gasteiger partial charge on any atom is -0.383 e. The summed E-state index contributed by atoms with van der Waals surface area (Å²) in [7, 11) is 3.54. The average molecular weight is 578 g/mol. The number of rotatable bonds is 11. The molecular weight excluding hydrogens is 534 g/mol. The zero-order valence-corrected chi connectivity index (χ0v) is 25.6. The van der Waals surface area contributed by atoms with Gasteiger partial charge >= 0.3 is 6.03 Å². The molecule has 1 aromatic heterocycles. The standard InChI is InChI=1S/C31H43N7O4/c1-7-8-10-24(19-32)26(33-12-16-42-6)17-22(2)34-30(41)38-13-9-11-23-18-25(27(21-39)35-28(23)38)20-37-15-14-36(5)31(3,4)29(37)40/h8,10,17-18,21,33H,7,9,11-16,20H2,1-6H3,(H,34,41)/b10-8+,22-17+,26-24-. The van der Waals surface area contributed by atoms with Crippen LogP contribution in [0.4, 0.5) is 10.6 Å². The summed E-state index contributed by atoms with van der Waals surface area (Å²) in [5, 5.41) is 15.8. The molecule has 0 saturated carbocycles. The Morgan fingerprint density at radius 3 is 2.71 bits per heavy atom. The number of hydrogen-bond donors (Lipinski definition) is 2. The van der Waals surface area contributed by atoms with Crippen molar-refractivity contribution in [3.63, 3.8) is 0 Å². The summed E-state index contributed by atoms with van der Waals surface area (Å²) in [6.45, 7) is 10.5. The lowest BCUT2D eigenvalue weighted by Crippen LogP contribution is -2.61. The van der Waals surface area contributed by atoms with Crippen molar-refractivity contribution in [2.24, 2.45) is 0 Å². The number of ether oxygens (including phenoxy) is 1. The molecule has 0 unspecified atom stereocenters. The average Bonchev–Trinajstić information content (AvgIpc) is 2.97. The van der Waals surface area contributed by atoms with E-state index in [0.717, 1.165) is 24.9 Å². The number of pyridine rings is 1. The third-order valence-corrected chi connectivity index (χ3v) is 7.68. The first-order valence-corrected chi connectivity index (χ1v) is 14.4. The van der Waals surface area contributed by atoms with Crippen molar-refractivity contribution in [1.29, 1.82) is 5.26 Å². The summed E-state index contributed by atoms with van der Waals surface area (Å²) in [4.78, 5) is 48.6. The molecule has 3 heterocycles. The van der Waals surface area contributed by atoms with Crippen LogP contribution in [0.15, 0.2) is 41.3 Å². The highest BCUT2D eigenvalue weighted by Gasteiger charge is 2.40. The molecule has 0 spiro atoms. The largest absolute Gasteiger partial charge is 0.383 e. The number of likely N-dealkylation sites (N-methyl/N-ethyl adjacent to an activating group) is 1. The lowest BCUT2D eigenvalue weighted by atomic mass is 9.97. The number of carbonyl (C=O) groups is 3. The van der Waals surface area contributed by atoms with E-state index in [1.807, 2.05) is 44.9 Å². The van der Waals surface area contributed by atoms with Crippen molar-refractivity contribution >= 4 is 24.0 Å². The molecule has 1 saturated heterocycles. The first-order valence-electron chi connectivity index (χ1n) is 14.4. The van der Waals surface area contributed by atoms with E-state index >= 15 is 0 Å². The predicted molar refractivity (Wildman–Crippen MR) is 162 cm³/mol. The van der Waals surface area contributed by atoms with Crippen LogP contribution < -0.4 is 15.5 Å². The third kappa shape index (κ3) is 7.63. The molecule has 1 aromatic rings. The molecule has 11 nitrogen and oxygen atoms in total. The number of nitrogens with one attached hydrogen (secondary N) is 2. The Morgan fingerprint density at radius 1 is 1.29 bits per heavy atom. The number of aryl methyl sites for hydroxylation is 1. The number of amides is 3. The molecule has 226 valence electrons. The van der Waals surface area contributed by atoms with E-state index in [2.05, 4.69) is 21.7 Å². The number of urea groups is 1. The van der Waals surface area contributed by atoms with Crippen LogP contribution in [0.1, 0.15) is 62.2 Å². The fourth-order valence-electron chi connectivity index (χ4n) is 4.97. The van der Waals surface area contributed by atoms with Crippen LogP contribution in [0.3, 0.4) is 0 Å². The van der Waals surface area contributed by atoms with Crippen molar-refractivity contribution < 1.29 is 19.1 Å². The van der Waals surface area contributed by atoms with Gasteiger partial charge in [0, 0.05) is 51.1 Å². The van der Waals surface area contributed by atoms with Crippen molar-refractivity contribution in [2.45, 2.75) is 59.0 Å². The summed E-state index contributed by atoms with van der Waals surface area (Å²) in [5.74, 6) is 0.448. The SMILES string of the molecule is CC/C=C/C(C#N)=C(\C=C(/C)NC(=O)N1CCCc2cc(CN3CCN(C)C(C)(C)C3=O)c(C=O)nc21)NCCOC. The Hall–Kier alpha value is -4.01. The number of fused-ring (bicyclic) bond motifs is 1. The molecule has 3 rings (SSSR count). The lowest BCUT2D eigenvalue weighted by molar-refractivity contribution is -0.148. The normalized spacial score (nSPS) is 17.9. The smallest absolute Gasteiger partial charge is 0.327 e. The quantitative estimate of drug-likeness (QED) is 0.177. The first-order chi connectivity index (χ1) is 20.1. The van der Waals surface area contributed by atoms with Crippen LogP contribution in [-0.4, -0.2) is 85.5 Å². The minimum atomic E-state index is -0.629. The van der Waals surface area contributed by atoms with E-state index in [1.54, 1.807) is 36.0 Å². The van der Waals surface area contributed by atoms with Gasteiger partial charge in [0.2, 0.25) is 5.91 Å². The molecule has 0 bridgehead atoms. The van der Waals surface area contributed by atoms with Gasteiger partial charge in [-0.05, 0) is 70.9 Å². The van der Waals surface area contributed by atoms with Crippen LogP contribution in [0, 0.1) is 11.3 Å². The second-order valence-electron chi connectivity index (χ2n) is 11.0. The fraction of sp³-hybridized carbons (Fsp3) is 0.516. The number of carbonyl (C=O) groups excluding carboxylic acids is 3. The van der Waals surface area contributed by atoms with Gasteiger partial charge in [-0.3, -0.25) is 19.4 Å². The number of allylic oxidation sites excluding steroid dienone is 5. The number of anilines is 1. The molecular formula is C31H43N7O4. The van der Waals surface area contributed by atoms with E-state index < -0.39 is 5.54 Å². The molecule has 2 aliphatic rings. The van der Waals surface area contributed by atoms with Crippen molar-refractivity contribution in [3.8, 4) is 6.07 Å². The van der Waals surface area contributed by atoms with Gasteiger partial charge in [0.25, 0.3) is 0 Å². The monoisotopic (exact) mass is 577 g/mol. The number of methoxy groups -OCH3 is 1. The number of nitrogens with zero attached hydrogens (tertiary/aromatic N) is 5. The van der Waals surface area contributed by atoms with Crippen molar-refractivity contribution in [3.05, 3.63) is 58.1 Å². The second-order valence-corrected chi connectivity index (χ2v) is 11.0. The Labute approximate surface area is 248 Å². The maximum Gasteiger partial charge on any atom is 0.327 e. The van der Waals surface area contributed by atoms with E-state index in [-0.39, 0.29) is 24.2 Å². The summed E-state index contributed by atoms with van der Waals surface area (Å²) < 4.78 is 5.12.